The smallest absolute Gasteiger partial charge is 0.196 e. The molecule has 0 spiro atoms. The van der Waals surface area contributed by atoms with Gasteiger partial charge in [-0.15, -0.1) is 0 Å². The molecular weight excluding hydrogens is 264 g/mol. The van der Waals surface area contributed by atoms with Crippen LogP contribution in [0.5, 0.6) is 0 Å². The number of rotatable bonds is 5. The first kappa shape index (κ1) is 13.8. The molecule has 2 aromatic rings. The van der Waals surface area contributed by atoms with Gasteiger partial charge in [-0.05, 0) is 19.2 Å². The molecule has 2 rings (SSSR count). The fraction of sp³-hybridized carbons (Fsp3) is 0.308. The molecule has 0 aliphatic carbocycles. The second-order valence-electron chi connectivity index (χ2n) is 4.27. The lowest BCUT2D eigenvalue weighted by Gasteiger charge is -2.01. The minimum absolute atomic E-state index is 0.276. The molecule has 0 bridgehead atoms. The van der Waals surface area contributed by atoms with Crippen LogP contribution in [0.1, 0.15) is 5.89 Å². The molecule has 1 aromatic heterocycles. The minimum atomic E-state index is -3.21. The Morgan fingerprint density at radius 1 is 1.37 bits per heavy atom. The Labute approximate surface area is 112 Å². The van der Waals surface area contributed by atoms with Crippen molar-refractivity contribution < 1.29 is 12.8 Å². The van der Waals surface area contributed by atoms with Crippen LogP contribution >= 0.6 is 0 Å². The molecule has 0 atom stereocenters. The minimum Gasteiger partial charge on any atom is -0.441 e. The van der Waals surface area contributed by atoms with E-state index in [1.54, 1.807) is 30.5 Å². The molecule has 5 nitrogen and oxygen atoms in total. The highest BCUT2D eigenvalue weighted by Gasteiger charge is 2.11. The zero-order valence-corrected chi connectivity index (χ0v) is 11.7. The molecule has 0 amide bonds. The van der Waals surface area contributed by atoms with Crippen molar-refractivity contribution in [3.05, 3.63) is 36.4 Å². The summed E-state index contributed by atoms with van der Waals surface area (Å²) in [5.41, 5.74) is 0.714. The molecule has 0 unspecified atom stereocenters. The monoisotopic (exact) mass is 280 g/mol. The molecule has 1 aromatic carbocycles. The topological polar surface area (TPSA) is 72.2 Å². The maximum absolute atomic E-state index is 11.5. The van der Waals surface area contributed by atoms with Gasteiger partial charge in [0.2, 0.25) is 0 Å². The molecule has 1 N–H and O–H groups in total. The standard InChI is InChI=1S/C13H16N2O3S/c1-14-7-6-13-15-9-12(18-13)10-4-3-5-11(8-10)19(2,16)17/h3-5,8-9,14H,6-7H2,1-2H3. The Balaban J connectivity index is 2.29. The van der Waals surface area contributed by atoms with E-state index in [2.05, 4.69) is 10.3 Å². The van der Waals surface area contributed by atoms with E-state index >= 15 is 0 Å². The van der Waals surface area contributed by atoms with Crippen molar-refractivity contribution in [3.63, 3.8) is 0 Å². The summed E-state index contributed by atoms with van der Waals surface area (Å²) in [6.45, 7) is 0.781. The second kappa shape index (κ2) is 5.54. The van der Waals surface area contributed by atoms with Crippen LogP contribution in [-0.2, 0) is 16.3 Å². The fourth-order valence-electron chi connectivity index (χ4n) is 1.67. The van der Waals surface area contributed by atoms with Crippen molar-refractivity contribution in [3.8, 4) is 11.3 Å². The van der Waals surface area contributed by atoms with Crippen LogP contribution in [0, 0.1) is 0 Å². The van der Waals surface area contributed by atoms with Crippen LogP contribution in [-0.4, -0.2) is 33.2 Å². The molecule has 6 heteroatoms. The van der Waals surface area contributed by atoms with E-state index in [4.69, 9.17) is 4.42 Å². The third kappa shape index (κ3) is 3.42. The Kier molecular flexibility index (Phi) is 4.01. The summed E-state index contributed by atoms with van der Waals surface area (Å²) < 4.78 is 28.6. The van der Waals surface area contributed by atoms with E-state index in [9.17, 15) is 8.42 Å². The van der Waals surface area contributed by atoms with E-state index in [1.165, 1.54) is 6.26 Å². The van der Waals surface area contributed by atoms with Crippen LogP contribution in [0.15, 0.2) is 39.8 Å². The SMILES string of the molecule is CNCCc1ncc(-c2cccc(S(C)(=O)=O)c2)o1. The van der Waals surface area contributed by atoms with Crippen LogP contribution in [0.2, 0.25) is 0 Å². The van der Waals surface area contributed by atoms with Crippen LogP contribution in [0.3, 0.4) is 0 Å². The highest BCUT2D eigenvalue weighted by molar-refractivity contribution is 7.90. The quantitative estimate of drug-likeness (QED) is 0.898. The lowest BCUT2D eigenvalue weighted by Crippen LogP contribution is -2.10. The van der Waals surface area contributed by atoms with Crippen LogP contribution < -0.4 is 5.32 Å². The van der Waals surface area contributed by atoms with Crippen molar-refractivity contribution in [1.29, 1.82) is 0 Å². The Hall–Kier alpha value is -1.66. The third-order valence-electron chi connectivity index (χ3n) is 2.69. The number of aromatic nitrogens is 1. The lowest BCUT2D eigenvalue weighted by atomic mass is 10.2. The molecule has 0 saturated carbocycles. The third-order valence-corrected chi connectivity index (χ3v) is 3.80. The molecule has 0 aliphatic heterocycles. The normalized spacial score (nSPS) is 11.7. The van der Waals surface area contributed by atoms with Crippen molar-refractivity contribution in [2.24, 2.45) is 0 Å². The van der Waals surface area contributed by atoms with E-state index in [0.717, 1.165) is 6.54 Å². The first-order valence-corrected chi connectivity index (χ1v) is 7.79. The largest absolute Gasteiger partial charge is 0.441 e. The number of oxazole rings is 1. The van der Waals surface area contributed by atoms with E-state index in [0.29, 0.717) is 23.6 Å². The zero-order chi connectivity index (χ0) is 13.9. The highest BCUT2D eigenvalue weighted by atomic mass is 32.2. The first-order chi connectivity index (χ1) is 9.00. The number of nitrogens with one attached hydrogen (secondary N) is 1. The van der Waals surface area contributed by atoms with Gasteiger partial charge in [0.15, 0.2) is 21.5 Å². The van der Waals surface area contributed by atoms with Crippen molar-refractivity contribution in [1.82, 2.24) is 10.3 Å². The van der Waals surface area contributed by atoms with Gasteiger partial charge >= 0.3 is 0 Å². The second-order valence-corrected chi connectivity index (χ2v) is 6.29. The average Bonchev–Trinajstić information content (AvgIpc) is 2.84. The van der Waals surface area contributed by atoms with Gasteiger partial charge in [0.25, 0.3) is 0 Å². The predicted molar refractivity (Wildman–Crippen MR) is 72.7 cm³/mol. The summed E-state index contributed by atoms with van der Waals surface area (Å²) in [7, 11) is -1.35. The number of sulfone groups is 1. The van der Waals surface area contributed by atoms with Crippen molar-refractivity contribution >= 4 is 9.84 Å². The lowest BCUT2D eigenvalue weighted by molar-refractivity contribution is 0.500. The van der Waals surface area contributed by atoms with Crippen LogP contribution in [0.25, 0.3) is 11.3 Å². The molecular formula is C13H16N2O3S. The van der Waals surface area contributed by atoms with Gasteiger partial charge < -0.3 is 9.73 Å². The summed E-state index contributed by atoms with van der Waals surface area (Å²) in [5.74, 6) is 1.21. The van der Waals surface area contributed by atoms with E-state index in [-0.39, 0.29) is 4.90 Å². The number of hydrogen-bond acceptors (Lipinski definition) is 5. The van der Waals surface area contributed by atoms with Gasteiger partial charge in [0.1, 0.15) is 0 Å². The summed E-state index contributed by atoms with van der Waals surface area (Å²) in [5, 5.41) is 3.01. The van der Waals surface area contributed by atoms with E-state index < -0.39 is 9.84 Å². The molecule has 1 heterocycles. The van der Waals surface area contributed by atoms with Gasteiger partial charge in [0.05, 0.1) is 11.1 Å². The Morgan fingerprint density at radius 2 is 2.16 bits per heavy atom. The van der Waals surface area contributed by atoms with E-state index in [1.807, 2.05) is 7.05 Å². The van der Waals surface area contributed by atoms with Gasteiger partial charge in [-0.3, -0.25) is 0 Å². The average molecular weight is 280 g/mol. The number of hydrogen-bond donors (Lipinski definition) is 1. The van der Waals surface area contributed by atoms with Crippen LogP contribution in [0.4, 0.5) is 0 Å². The zero-order valence-electron chi connectivity index (χ0n) is 10.9. The maximum Gasteiger partial charge on any atom is 0.196 e. The van der Waals surface area contributed by atoms with Crippen molar-refractivity contribution in [2.75, 3.05) is 19.8 Å². The summed E-state index contributed by atoms with van der Waals surface area (Å²) in [6.07, 6.45) is 3.50. The molecule has 0 saturated heterocycles. The Bertz CT molecular complexity index is 662. The summed E-state index contributed by atoms with van der Waals surface area (Å²) >= 11 is 0. The summed E-state index contributed by atoms with van der Waals surface area (Å²) in [6, 6.07) is 6.66. The maximum atomic E-state index is 11.5. The van der Waals surface area contributed by atoms with Gasteiger partial charge in [0, 0.05) is 24.8 Å². The van der Waals surface area contributed by atoms with Crippen molar-refractivity contribution in [2.45, 2.75) is 11.3 Å². The molecule has 0 radical (unpaired) electrons. The first-order valence-electron chi connectivity index (χ1n) is 5.90. The molecule has 0 aliphatic rings. The number of nitrogens with zero attached hydrogens (tertiary/aromatic N) is 1. The predicted octanol–water partition coefficient (Wildman–Crippen LogP) is 1.51. The summed E-state index contributed by atoms with van der Waals surface area (Å²) in [4.78, 5) is 4.44. The molecule has 102 valence electrons. The van der Waals surface area contributed by atoms with Gasteiger partial charge in [-0.2, -0.15) is 0 Å². The highest BCUT2D eigenvalue weighted by Crippen LogP contribution is 2.23. The fourth-order valence-corrected chi connectivity index (χ4v) is 2.34. The van der Waals surface area contributed by atoms with Gasteiger partial charge in [-0.1, -0.05) is 12.1 Å². The Morgan fingerprint density at radius 3 is 2.84 bits per heavy atom. The van der Waals surface area contributed by atoms with Gasteiger partial charge in [-0.25, -0.2) is 13.4 Å². The number of benzene rings is 1. The molecule has 0 fully saturated rings. The molecule has 19 heavy (non-hydrogen) atoms. The number of likely N-dealkylation sites (N-methyl/N-ethyl adjacent to an activating group) is 1.